The number of fused-ring (bicyclic) bond motifs is 3. The van der Waals surface area contributed by atoms with Crippen LogP contribution in [0.3, 0.4) is 0 Å². The molecule has 6 rings (SSSR count). The van der Waals surface area contributed by atoms with Gasteiger partial charge in [-0.15, -0.1) is 0 Å². The number of hydrogen-bond acceptors (Lipinski definition) is 7. The molecule has 0 amide bonds. The first-order valence-electron chi connectivity index (χ1n) is 13.2. The first-order chi connectivity index (χ1) is 19.3. The van der Waals surface area contributed by atoms with Crippen LogP contribution in [0.15, 0.2) is 54.0 Å². The van der Waals surface area contributed by atoms with Gasteiger partial charge in [0.2, 0.25) is 0 Å². The zero-order chi connectivity index (χ0) is 28.0. The molecule has 0 aliphatic carbocycles. The third-order valence-electron chi connectivity index (χ3n) is 7.87. The van der Waals surface area contributed by atoms with E-state index < -0.39 is 5.82 Å². The van der Waals surface area contributed by atoms with Crippen LogP contribution < -0.4 is 11.1 Å². The zero-order valence-electron chi connectivity index (χ0n) is 22.2. The summed E-state index contributed by atoms with van der Waals surface area (Å²) in [5.74, 6) is -0.498. The van der Waals surface area contributed by atoms with E-state index in [9.17, 15) is 9.18 Å². The Kier molecular flexibility index (Phi) is 6.93. The topological polar surface area (TPSA) is 115 Å². The van der Waals surface area contributed by atoms with E-state index in [1.807, 2.05) is 25.5 Å². The van der Waals surface area contributed by atoms with Crippen LogP contribution in [0.25, 0.3) is 16.6 Å². The van der Waals surface area contributed by atoms with E-state index in [0.29, 0.717) is 17.1 Å². The van der Waals surface area contributed by atoms with Gasteiger partial charge in [-0.25, -0.2) is 13.9 Å². The third-order valence-corrected chi connectivity index (χ3v) is 8.19. The number of anilines is 1. The lowest BCUT2D eigenvalue weighted by Gasteiger charge is -2.39. The molecular formula is C28H30ClFN8O2. The average molecular weight is 565 g/mol. The molecule has 1 aromatic carbocycles. The van der Waals surface area contributed by atoms with Gasteiger partial charge in [0.05, 0.1) is 53.5 Å². The van der Waals surface area contributed by atoms with Crippen LogP contribution in [0, 0.1) is 5.82 Å². The van der Waals surface area contributed by atoms with Gasteiger partial charge in [-0.2, -0.15) is 10.2 Å². The lowest BCUT2D eigenvalue weighted by atomic mass is 9.96. The van der Waals surface area contributed by atoms with Crippen molar-refractivity contribution in [2.24, 2.45) is 17.8 Å². The summed E-state index contributed by atoms with van der Waals surface area (Å²) in [6, 6.07) is 6.73. The molecule has 0 unspecified atom stereocenters. The summed E-state index contributed by atoms with van der Waals surface area (Å²) in [6.07, 6.45) is 11.2. The number of carbonyl (C=O) groups excluding carboxylic acids is 1. The fourth-order valence-electron chi connectivity index (χ4n) is 5.96. The van der Waals surface area contributed by atoms with Gasteiger partial charge in [-0.3, -0.25) is 14.4 Å². The number of rotatable bonds is 7. The van der Waals surface area contributed by atoms with E-state index in [1.54, 1.807) is 21.6 Å². The van der Waals surface area contributed by atoms with Gasteiger partial charge in [0.25, 0.3) is 0 Å². The van der Waals surface area contributed by atoms with Gasteiger partial charge in [-0.05, 0) is 43.9 Å². The lowest BCUT2D eigenvalue weighted by Crippen LogP contribution is -2.49. The quantitative estimate of drug-likeness (QED) is 0.197. The maximum atomic E-state index is 13.9. The Morgan fingerprint density at radius 2 is 1.95 bits per heavy atom. The maximum Gasteiger partial charge on any atom is 0.319 e. The summed E-state index contributed by atoms with van der Waals surface area (Å²) in [5, 5.41) is 13.0. The molecule has 4 aromatic rings. The number of aromatic nitrogens is 4. The molecule has 40 heavy (non-hydrogen) atoms. The normalized spacial score (nSPS) is 21.2. The zero-order valence-corrected chi connectivity index (χ0v) is 23.0. The predicted molar refractivity (Wildman–Crippen MR) is 151 cm³/mol. The summed E-state index contributed by atoms with van der Waals surface area (Å²) < 4.78 is 22.4. The Morgan fingerprint density at radius 3 is 2.65 bits per heavy atom. The van der Waals surface area contributed by atoms with Crippen LogP contribution in [-0.2, 0) is 16.6 Å². The summed E-state index contributed by atoms with van der Waals surface area (Å²) in [6.45, 7) is 0.310. The SMILES string of the molecule is COC(=O)CN1[C@@H]2CC[C@H]1C[C@H](Nc1c(/C(N)=N/c3cc(F)ccc3Cl)cnn3cc(-c4cnn(C)c4)cc13)C2. The van der Waals surface area contributed by atoms with E-state index in [1.165, 1.54) is 25.3 Å². The van der Waals surface area contributed by atoms with Gasteiger partial charge < -0.3 is 15.8 Å². The van der Waals surface area contributed by atoms with Gasteiger partial charge >= 0.3 is 5.97 Å². The third kappa shape index (κ3) is 5.02. The highest BCUT2D eigenvalue weighted by Crippen LogP contribution is 2.38. The highest BCUT2D eigenvalue weighted by atomic mass is 35.5. The number of esters is 1. The average Bonchev–Trinajstić information content (AvgIpc) is 3.62. The smallest absolute Gasteiger partial charge is 0.319 e. The van der Waals surface area contributed by atoms with Crippen LogP contribution in [-0.4, -0.2) is 67.9 Å². The Hall–Kier alpha value is -3.96. The number of nitrogens with two attached hydrogens (primary N) is 1. The van der Waals surface area contributed by atoms with Gasteiger partial charge in [0.15, 0.2) is 0 Å². The Balaban J connectivity index is 1.38. The van der Waals surface area contributed by atoms with E-state index in [4.69, 9.17) is 22.1 Å². The number of nitrogens with zero attached hydrogens (tertiary/aromatic N) is 6. The molecule has 5 heterocycles. The highest BCUT2D eigenvalue weighted by molar-refractivity contribution is 6.33. The molecule has 208 valence electrons. The van der Waals surface area contributed by atoms with E-state index in [0.717, 1.165) is 48.0 Å². The number of aryl methyl sites for hydroxylation is 1. The van der Waals surface area contributed by atoms with Crippen molar-refractivity contribution < 1.29 is 13.9 Å². The van der Waals surface area contributed by atoms with Crippen LogP contribution in [0.2, 0.25) is 5.02 Å². The molecule has 0 saturated carbocycles. The molecule has 10 nitrogen and oxygen atoms in total. The first kappa shape index (κ1) is 26.3. The molecule has 3 atom stereocenters. The number of halogens is 2. The minimum absolute atomic E-state index is 0.138. The highest BCUT2D eigenvalue weighted by Gasteiger charge is 2.41. The Bertz CT molecular complexity index is 1600. The molecule has 12 heteroatoms. The van der Waals surface area contributed by atoms with Gasteiger partial charge in [-0.1, -0.05) is 11.6 Å². The second-order valence-corrected chi connectivity index (χ2v) is 10.8. The van der Waals surface area contributed by atoms with E-state index in [2.05, 4.69) is 25.4 Å². The van der Waals surface area contributed by atoms with Crippen LogP contribution >= 0.6 is 11.6 Å². The molecule has 2 fully saturated rings. The molecule has 3 N–H and O–H groups in total. The van der Waals surface area contributed by atoms with Crippen molar-refractivity contribution in [1.82, 2.24) is 24.3 Å². The minimum atomic E-state index is -0.454. The van der Waals surface area contributed by atoms with Crippen LogP contribution in [0.5, 0.6) is 0 Å². The van der Waals surface area contributed by atoms with Crippen molar-refractivity contribution in [1.29, 1.82) is 0 Å². The number of ether oxygens (including phenoxy) is 1. The molecule has 2 aliphatic heterocycles. The summed E-state index contributed by atoms with van der Waals surface area (Å²) in [5.41, 5.74) is 10.9. The second kappa shape index (κ2) is 10.5. The van der Waals surface area contributed by atoms with E-state index >= 15 is 0 Å². The summed E-state index contributed by atoms with van der Waals surface area (Å²) in [7, 11) is 3.30. The maximum absolute atomic E-state index is 13.9. The first-order valence-corrected chi connectivity index (χ1v) is 13.6. The van der Waals surface area contributed by atoms with Gasteiger partial charge in [0, 0.05) is 54.8 Å². The number of amidine groups is 1. The number of nitrogens with one attached hydrogen (secondary N) is 1. The van der Waals surface area contributed by atoms with Crippen molar-refractivity contribution in [2.75, 3.05) is 19.0 Å². The number of piperidine rings is 1. The van der Waals surface area contributed by atoms with Crippen molar-refractivity contribution in [3.05, 3.63) is 65.5 Å². The van der Waals surface area contributed by atoms with Crippen LogP contribution in [0.4, 0.5) is 15.8 Å². The fraction of sp³-hybridized carbons (Fsp3) is 0.357. The molecule has 2 saturated heterocycles. The predicted octanol–water partition coefficient (Wildman–Crippen LogP) is 4.14. The van der Waals surface area contributed by atoms with Crippen molar-refractivity contribution >= 4 is 40.3 Å². The number of hydrogen-bond donors (Lipinski definition) is 2. The molecule has 2 bridgehead atoms. The molecular weight excluding hydrogens is 535 g/mol. The van der Waals surface area contributed by atoms with Crippen LogP contribution in [0.1, 0.15) is 31.2 Å². The monoisotopic (exact) mass is 564 g/mol. The number of aliphatic imine (C=N–C) groups is 1. The largest absolute Gasteiger partial charge is 0.468 e. The Labute approximate surface area is 235 Å². The molecule has 0 spiro atoms. The van der Waals surface area contributed by atoms with Crippen molar-refractivity contribution in [3.8, 4) is 11.1 Å². The number of carbonyl (C=O) groups is 1. The van der Waals surface area contributed by atoms with E-state index in [-0.39, 0.29) is 35.6 Å². The fourth-order valence-corrected chi connectivity index (χ4v) is 6.12. The standard InChI is InChI=1S/C28H30ClFN8O2/c1-36-13-17(11-32-36)16-7-25-27(34-19-9-20-4-5-21(10-19)37(20)15-26(39)40-2)22(12-33-38(25)14-16)28(31)35-24-8-18(30)3-6-23(24)29/h3,6-8,11-14,19-21,34H,4-5,9-10,15H2,1-2H3,(H2,31,35)/t19-,20-,21+. The number of methoxy groups -OCH3 is 1. The second-order valence-electron chi connectivity index (χ2n) is 10.4. The summed E-state index contributed by atoms with van der Waals surface area (Å²) in [4.78, 5) is 18.7. The van der Waals surface area contributed by atoms with Crippen molar-refractivity contribution in [3.63, 3.8) is 0 Å². The lowest BCUT2D eigenvalue weighted by molar-refractivity contribution is -0.143. The minimum Gasteiger partial charge on any atom is -0.468 e. The van der Waals surface area contributed by atoms with Crippen molar-refractivity contribution in [2.45, 2.75) is 43.8 Å². The molecule has 3 aromatic heterocycles. The molecule has 2 aliphatic rings. The van der Waals surface area contributed by atoms with Gasteiger partial charge in [0.1, 0.15) is 11.7 Å². The Morgan fingerprint density at radius 1 is 1.18 bits per heavy atom. The summed E-state index contributed by atoms with van der Waals surface area (Å²) >= 11 is 6.28. The molecule has 0 radical (unpaired) electrons. The number of benzene rings is 1.